The van der Waals surface area contributed by atoms with Gasteiger partial charge in [-0.2, -0.15) is 0 Å². The maximum absolute atomic E-state index is 12.3. The number of rotatable bonds is 5. The van der Waals surface area contributed by atoms with Gasteiger partial charge in [0.2, 0.25) is 0 Å². The monoisotopic (exact) mass is 367 g/mol. The summed E-state index contributed by atoms with van der Waals surface area (Å²) in [5, 5.41) is 3.32. The molecule has 2 rings (SSSR count). The maximum atomic E-state index is 12.3. The minimum Gasteiger partial charge on any atom is -0.479 e. The highest BCUT2D eigenvalue weighted by Crippen LogP contribution is 2.26. The molecule has 5 nitrogen and oxygen atoms in total. The van der Waals surface area contributed by atoms with Crippen LogP contribution in [0.1, 0.15) is 17.3 Å². The molecule has 126 valence electrons. The summed E-state index contributed by atoms with van der Waals surface area (Å²) in [7, 11) is 1.27. The predicted molar refractivity (Wildman–Crippen MR) is 93.0 cm³/mol. The number of carbonyl (C=O) groups is 2. The number of amides is 1. The van der Waals surface area contributed by atoms with Gasteiger partial charge in [0.1, 0.15) is 5.75 Å². The largest absolute Gasteiger partial charge is 0.479 e. The van der Waals surface area contributed by atoms with Crippen molar-refractivity contribution < 1.29 is 19.1 Å². The summed E-state index contributed by atoms with van der Waals surface area (Å²) in [5.74, 6) is -0.558. The van der Waals surface area contributed by atoms with Crippen molar-refractivity contribution in [1.82, 2.24) is 0 Å². The van der Waals surface area contributed by atoms with Gasteiger partial charge in [0, 0.05) is 0 Å². The number of esters is 1. The van der Waals surface area contributed by atoms with Crippen LogP contribution in [0.15, 0.2) is 42.5 Å². The smallest absolute Gasteiger partial charge is 0.337 e. The van der Waals surface area contributed by atoms with Crippen molar-refractivity contribution in [3.05, 3.63) is 58.1 Å². The van der Waals surface area contributed by atoms with Gasteiger partial charge in [0.15, 0.2) is 6.10 Å². The third-order valence-electron chi connectivity index (χ3n) is 3.15. The molecule has 1 unspecified atom stereocenters. The topological polar surface area (TPSA) is 64.6 Å². The van der Waals surface area contributed by atoms with Crippen molar-refractivity contribution in [2.45, 2.75) is 13.0 Å². The molecule has 1 amide bonds. The Morgan fingerprint density at radius 3 is 2.46 bits per heavy atom. The zero-order valence-corrected chi connectivity index (χ0v) is 14.5. The summed E-state index contributed by atoms with van der Waals surface area (Å²) < 4.78 is 10.2. The lowest BCUT2D eigenvalue weighted by atomic mass is 10.2. The molecule has 0 aliphatic carbocycles. The Morgan fingerprint density at radius 2 is 1.79 bits per heavy atom. The number of benzene rings is 2. The molecule has 1 atom stereocenters. The van der Waals surface area contributed by atoms with Crippen LogP contribution in [-0.2, 0) is 9.53 Å². The Hall–Kier alpha value is -2.24. The SMILES string of the molecule is COC(=O)c1ccc(Cl)c(NC(=O)C(C)Oc2ccccc2Cl)c1. The molecule has 0 radical (unpaired) electrons. The van der Waals surface area contributed by atoms with Crippen molar-refractivity contribution in [3.63, 3.8) is 0 Å². The van der Waals surface area contributed by atoms with E-state index in [1.165, 1.54) is 25.3 Å². The molecular formula is C17H15Cl2NO4. The standard InChI is InChI=1S/C17H15Cl2NO4/c1-10(24-15-6-4-3-5-13(15)19)16(21)20-14-9-11(17(22)23-2)7-8-12(14)18/h3-10H,1-2H3,(H,20,21). The van der Waals surface area contributed by atoms with E-state index in [-0.39, 0.29) is 5.56 Å². The predicted octanol–water partition coefficient (Wildman–Crippen LogP) is 4.19. The van der Waals surface area contributed by atoms with Crippen molar-refractivity contribution in [3.8, 4) is 5.75 Å². The highest BCUT2D eigenvalue weighted by molar-refractivity contribution is 6.34. The Morgan fingerprint density at radius 1 is 1.08 bits per heavy atom. The Kier molecular flexibility index (Phi) is 6.06. The van der Waals surface area contributed by atoms with Gasteiger partial charge in [-0.25, -0.2) is 4.79 Å². The lowest BCUT2D eigenvalue weighted by Gasteiger charge is -2.16. The van der Waals surface area contributed by atoms with Crippen molar-refractivity contribution >= 4 is 40.8 Å². The van der Waals surface area contributed by atoms with Crippen LogP contribution in [0.5, 0.6) is 5.75 Å². The molecule has 7 heteroatoms. The Bertz CT molecular complexity index is 764. The summed E-state index contributed by atoms with van der Waals surface area (Å²) in [6, 6.07) is 11.3. The van der Waals surface area contributed by atoms with E-state index >= 15 is 0 Å². The fraction of sp³-hybridized carbons (Fsp3) is 0.176. The first-order valence-corrected chi connectivity index (χ1v) is 7.78. The first-order chi connectivity index (χ1) is 11.4. The van der Waals surface area contributed by atoms with Crippen LogP contribution in [-0.4, -0.2) is 25.1 Å². The Labute approximate surface area is 149 Å². The van der Waals surface area contributed by atoms with Gasteiger partial charge in [-0.05, 0) is 37.3 Å². The van der Waals surface area contributed by atoms with Crippen LogP contribution in [0, 0.1) is 0 Å². The molecular weight excluding hydrogens is 353 g/mol. The fourth-order valence-electron chi connectivity index (χ4n) is 1.88. The molecule has 0 aliphatic heterocycles. The van der Waals surface area contributed by atoms with Crippen molar-refractivity contribution in [2.24, 2.45) is 0 Å². The molecule has 0 bridgehead atoms. The molecule has 0 aromatic heterocycles. The molecule has 2 aromatic rings. The minimum absolute atomic E-state index is 0.275. The van der Waals surface area contributed by atoms with E-state index < -0.39 is 18.0 Å². The van der Waals surface area contributed by atoms with Gasteiger partial charge < -0.3 is 14.8 Å². The van der Waals surface area contributed by atoms with Crippen LogP contribution in [0.25, 0.3) is 0 Å². The lowest BCUT2D eigenvalue weighted by Crippen LogP contribution is -2.30. The zero-order valence-electron chi connectivity index (χ0n) is 13.0. The average Bonchev–Trinajstić information content (AvgIpc) is 2.58. The van der Waals surface area contributed by atoms with Gasteiger partial charge in [0.05, 0.1) is 28.4 Å². The van der Waals surface area contributed by atoms with Crippen molar-refractivity contribution in [1.29, 1.82) is 0 Å². The van der Waals surface area contributed by atoms with Crippen LogP contribution in [0.2, 0.25) is 10.0 Å². The van der Waals surface area contributed by atoms with E-state index in [2.05, 4.69) is 10.1 Å². The second-order valence-corrected chi connectivity index (χ2v) is 5.68. The summed E-state index contributed by atoms with van der Waals surface area (Å²) >= 11 is 12.1. The summed E-state index contributed by atoms with van der Waals surface area (Å²) in [6.07, 6.45) is -0.817. The lowest BCUT2D eigenvalue weighted by molar-refractivity contribution is -0.122. The second-order valence-electron chi connectivity index (χ2n) is 4.87. The van der Waals surface area contributed by atoms with Crippen molar-refractivity contribution in [2.75, 3.05) is 12.4 Å². The van der Waals surface area contributed by atoms with Crippen LogP contribution in [0.3, 0.4) is 0 Å². The molecule has 0 saturated carbocycles. The fourth-order valence-corrected chi connectivity index (χ4v) is 2.23. The molecule has 1 N–H and O–H groups in total. The number of nitrogens with one attached hydrogen (secondary N) is 1. The number of ether oxygens (including phenoxy) is 2. The van der Waals surface area contributed by atoms with Gasteiger partial charge in [-0.1, -0.05) is 35.3 Å². The van der Waals surface area contributed by atoms with Crippen LogP contribution >= 0.6 is 23.2 Å². The van der Waals surface area contributed by atoms with Gasteiger partial charge in [0.25, 0.3) is 5.91 Å². The van der Waals surface area contributed by atoms with E-state index in [0.29, 0.717) is 21.5 Å². The first-order valence-electron chi connectivity index (χ1n) is 7.02. The second kappa shape index (κ2) is 8.04. The van der Waals surface area contributed by atoms with Crippen LogP contribution in [0.4, 0.5) is 5.69 Å². The molecule has 24 heavy (non-hydrogen) atoms. The third kappa shape index (κ3) is 4.40. The number of halogens is 2. The van der Waals surface area contributed by atoms with E-state index in [4.69, 9.17) is 27.9 Å². The Balaban J connectivity index is 2.11. The third-order valence-corrected chi connectivity index (χ3v) is 3.80. The summed E-state index contributed by atoms with van der Waals surface area (Å²) in [5.41, 5.74) is 0.566. The normalized spacial score (nSPS) is 11.5. The van der Waals surface area contributed by atoms with E-state index in [0.717, 1.165) is 0 Å². The summed E-state index contributed by atoms with van der Waals surface area (Å²) in [6.45, 7) is 1.58. The molecule has 0 fully saturated rings. The van der Waals surface area contributed by atoms with Gasteiger partial charge in [-0.3, -0.25) is 4.79 Å². The van der Waals surface area contributed by atoms with E-state index in [1.807, 2.05) is 0 Å². The number of hydrogen-bond acceptors (Lipinski definition) is 4. The maximum Gasteiger partial charge on any atom is 0.337 e. The average molecular weight is 368 g/mol. The van der Waals surface area contributed by atoms with E-state index in [1.54, 1.807) is 31.2 Å². The minimum atomic E-state index is -0.817. The number of methoxy groups -OCH3 is 1. The molecule has 0 heterocycles. The number of hydrogen-bond donors (Lipinski definition) is 1. The number of anilines is 1. The molecule has 0 saturated heterocycles. The van der Waals surface area contributed by atoms with Gasteiger partial charge >= 0.3 is 5.97 Å². The number of carbonyl (C=O) groups excluding carboxylic acids is 2. The molecule has 0 spiro atoms. The molecule has 2 aromatic carbocycles. The first kappa shape index (κ1) is 18.1. The highest BCUT2D eigenvalue weighted by atomic mass is 35.5. The zero-order chi connectivity index (χ0) is 17.7. The van der Waals surface area contributed by atoms with Gasteiger partial charge in [-0.15, -0.1) is 0 Å². The summed E-state index contributed by atoms with van der Waals surface area (Å²) in [4.78, 5) is 23.8. The number of para-hydroxylation sites is 1. The quantitative estimate of drug-likeness (QED) is 0.804. The van der Waals surface area contributed by atoms with E-state index in [9.17, 15) is 9.59 Å². The molecule has 0 aliphatic rings. The van der Waals surface area contributed by atoms with Crippen LogP contribution < -0.4 is 10.1 Å². The highest BCUT2D eigenvalue weighted by Gasteiger charge is 2.18.